The number of halogens is 2. The third-order valence-corrected chi connectivity index (χ3v) is 5.13. The number of nitrogens with two attached hydrogens (primary N) is 1. The minimum Gasteiger partial charge on any atom is -0.381 e. The molecule has 31 heavy (non-hydrogen) atoms. The van der Waals surface area contributed by atoms with E-state index < -0.39 is 17.7 Å². The Kier molecular flexibility index (Phi) is 5.94. The van der Waals surface area contributed by atoms with Gasteiger partial charge < -0.3 is 21.1 Å². The lowest BCUT2D eigenvalue weighted by atomic mass is 10.1. The van der Waals surface area contributed by atoms with Gasteiger partial charge in [0.2, 0.25) is 17.8 Å². The SMILES string of the molecule is Cc1cc(Nc2nc(N)nc(NC(C)c3ccc(F)cc3F)n2)nn1C1CCOCC1. The van der Waals surface area contributed by atoms with E-state index in [4.69, 9.17) is 10.5 Å². The lowest BCUT2D eigenvalue weighted by molar-refractivity contribution is 0.0657. The molecule has 1 aromatic carbocycles. The quantitative estimate of drug-likeness (QED) is 0.544. The van der Waals surface area contributed by atoms with Crippen molar-refractivity contribution in [2.24, 2.45) is 0 Å². The fourth-order valence-corrected chi connectivity index (χ4v) is 3.60. The standard InChI is InChI=1S/C20H24F2N8O/c1-11-9-17(29-30(11)14-5-7-31-8-6-14)25-20-27-18(23)26-19(28-20)24-12(2)15-4-3-13(21)10-16(15)22/h3-4,9-10,12,14H,5-8H2,1-2H3,(H4,23,24,25,26,27,28,29). The molecule has 0 saturated carbocycles. The van der Waals surface area contributed by atoms with Gasteiger partial charge in [-0.15, -0.1) is 0 Å². The summed E-state index contributed by atoms with van der Waals surface area (Å²) in [5.74, 6) is -0.356. The molecule has 1 unspecified atom stereocenters. The van der Waals surface area contributed by atoms with Gasteiger partial charge in [0.15, 0.2) is 5.82 Å². The number of aromatic nitrogens is 5. The molecule has 1 aliphatic heterocycles. The molecule has 2 aromatic heterocycles. The molecule has 3 heterocycles. The molecule has 0 amide bonds. The number of ether oxygens (including phenoxy) is 1. The number of hydrogen-bond donors (Lipinski definition) is 3. The second-order valence-corrected chi connectivity index (χ2v) is 7.46. The summed E-state index contributed by atoms with van der Waals surface area (Å²) in [6.45, 7) is 5.14. The van der Waals surface area contributed by atoms with Crippen LogP contribution in [0.3, 0.4) is 0 Å². The lowest BCUT2D eigenvalue weighted by Gasteiger charge is -2.23. The summed E-state index contributed by atoms with van der Waals surface area (Å²) >= 11 is 0. The number of nitrogens with one attached hydrogen (secondary N) is 2. The van der Waals surface area contributed by atoms with Gasteiger partial charge in [0, 0.05) is 36.6 Å². The van der Waals surface area contributed by atoms with E-state index in [1.165, 1.54) is 12.1 Å². The van der Waals surface area contributed by atoms with E-state index in [9.17, 15) is 8.78 Å². The van der Waals surface area contributed by atoms with Crippen LogP contribution in [0.4, 0.5) is 32.4 Å². The Morgan fingerprint density at radius 2 is 1.87 bits per heavy atom. The van der Waals surface area contributed by atoms with E-state index in [2.05, 4.69) is 30.7 Å². The van der Waals surface area contributed by atoms with Crippen LogP contribution in [0.2, 0.25) is 0 Å². The Morgan fingerprint density at radius 3 is 2.61 bits per heavy atom. The Bertz CT molecular complexity index is 1070. The fourth-order valence-electron chi connectivity index (χ4n) is 3.60. The Labute approximate surface area is 178 Å². The largest absolute Gasteiger partial charge is 0.381 e. The lowest BCUT2D eigenvalue weighted by Crippen LogP contribution is -2.21. The van der Waals surface area contributed by atoms with Gasteiger partial charge in [-0.1, -0.05) is 6.07 Å². The highest BCUT2D eigenvalue weighted by molar-refractivity contribution is 5.51. The van der Waals surface area contributed by atoms with Gasteiger partial charge in [-0.2, -0.15) is 20.1 Å². The molecule has 1 aliphatic rings. The van der Waals surface area contributed by atoms with Crippen LogP contribution in [0.1, 0.15) is 43.1 Å². The molecular weight excluding hydrogens is 406 g/mol. The molecule has 0 bridgehead atoms. The van der Waals surface area contributed by atoms with E-state index in [1.807, 2.05) is 17.7 Å². The summed E-state index contributed by atoms with van der Waals surface area (Å²) in [6.07, 6.45) is 1.82. The number of aryl methyl sites for hydroxylation is 1. The van der Waals surface area contributed by atoms with Crippen LogP contribution in [0.15, 0.2) is 24.3 Å². The molecule has 0 spiro atoms. The third-order valence-electron chi connectivity index (χ3n) is 5.13. The first-order valence-corrected chi connectivity index (χ1v) is 10.0. The van der Waals surface area contributed by atoms with E-state index in [0.29, 0.717) is 5.82 Å². The highest BCUT2D eigenvalue weighted by Gasteiger charge is 2.19. The summed E-state index contributed by atoms with van der Waals surface area (Å²) < 4.78 is 34.6. The molecule has 164 valence electrons. The van der Waals surface area contributed by atoms with Gasteiger partial charge in [0.1, 0.15) is 11.6 Å². The topological polar surface area (TPSA) is 116 Å². The van der Waals surface area contributed by atoms with Crippen LogP contribution in [0, 0.1) is 18.6 Å². The highest BCUT2D eigenvalue weighted by atomic mass is 19.1. The average molecular weight is 430 g/mol. The van der Waals surface area contributed by atoms with Gasteiger partial charge in [-0.05, 0) is 32.8 Å². The molecular formula is C20H24F2N8O. The highest BCUT2D eigenvalue weighted by Crippen LogP contribution is 2.25. The summed E-state index contributed by atoms with van der Waals surface area (Å²) in [6, 6.07) is 5.07. The number of hydrogen-bond acceptors (Lipinski definition) is 8. The number of anilines is 4. The molecule has 1 fully saturated rings. The monoisotopic (exact) mass is 430 g/mol. The van der Waals surface area contributed by atoms with E-state index in [1.54, 1.807) is 6.92 Å². The van der Waals surface area contributed by atoms with Crippen molar-refractivity contribution in [1.29, 1.82) is 0 Å². The van der Waals surface area contributed by atoms with Crippen molar-refractivity contribution in [2.45, 2.75) is 38.8 Å². The zero-order valence-electron chi connectivity index (χ0n) is 17.3. The fraction of sp³-hybridized carbons (Fsp3) is 0.400. The van der Waals surface area contributed by atoms with Crippen molar-refractivity contribution >= 4 is 23.7 Å². The zero-order chi connectivity index (χ0) is 22.0. The molecule has 1 saturated heterocycles. The van der Waals surface area contributed by atoms with Crippen molar-refractivity contribution in [2.75, 3.05) is 29.6 Å². The summed E-state index contributed by atoms with van der Waals surface area (Å²) in [7, 11) is 0. The van der Waals surface area contributed by atoms with E-state index in [-0.39, 0.29) is 29.5 Å². The number of nitrogens with zero attached hydrogens (tertiary/aromatic N) is 5. The first kappa shape index (κ1) is 20.9. The van der Waals surface area contributed by atoms with Crippen molar-refractivity contribution in [3.63, 3.8) is 0 Å². The Morgan fingerprint density at radius 1 is 1.13 bits per heavy atom. The molecule has 9 nitrogen and oxygen atoms in total. The predicted octanol–water partition coefficient (Wildman–Crippen LogP) is 3.51. The van der Waals surface area contributed by atoms with Crippen LogP contribution >= 0.6 is 0 Å². The van der Waals surface area contributed by atoms with Gasteiger partial charge >= 0.3 is 0 Å². The second kappa shape index (κ2) is 8.80. The van der Waals surface area contributed by atoms with Gasteiger partial charge in [0.05, 0.1) is 12.1 Å². The average Bonchev–Trinajstić information content (AvgIpc) is 3.08. The maximum Gasteiger partial charge on any atom is 0.235 e. The van der Waals surface area contributed by atoms with Crippen molar-refractivity contribution in [1.82, 2.24) is 24.7 Å². The normalized spacial score (nSPS) is 15.6. The Hall–Kier alpha value is -3.34. The van der Waals surface area contributed by atoms with Crippen LogP contribution < -0.4 is 16.4 Å². The smallest absolute Gasteiger partial charge is 0.235 e. The summed E-state index contributed by atoms with van der Waals surface area (Å²) in [5.41, 5.74) is 7.11. The molecule has 4 N–H and O–H groups in total. The van der Waals surface area contributed by atoms with Gasteiger partial charge in [-0.3, -0.25) is 4.68 Å². The van der Waals surface area contributed by atoms with Crippen molar-refractivity contribution < 1.29 is 13.5 Å². The predicted molar refractivity (Wildman–Crippen MR) is 112 cm³/mol. The van der Waals surface area contributed by atoms with E-state index in [0.717, 1.165) is 37.8 Å². The van der Waals surface area contributed by atoms with Gasteiger partial charge in [-0.25, -0.2) is 8.78 Å². The maximum absolute atomic E-state index is 14.1. The molecule has 11 heteroatoms. The third kappa shape index (κ3) is 4.88. The second-order valence-electron chi connectivity index (χ2n) is 7.46. The van der Waals surface area contributed by atoms with E-state index >= 15 is 0 Å². The molecule has 0 radical (unpaired) electrons. The molecule has 1 atom stereocenters. The first-order valence-electron chi connectivity index (χ1n) is 10.0. The number of rotatable bonds is 6. The van der Waals surface area contributed by atoms with Gasteiger partial charge in [0.25, 0.3) is 0 Å². The zero-order valence-corrected chi connectivity index (χ0v) is 17.3. The molecule has 0 aliphatic carbocycles. The van der Waals surface area contributed by atoms with Crippen LogP contribution in [-0.2, 0) is 4.74 Å². The summed E-state index contributed by atoms with van der Waals surface area (Å²) in [5, 5.41) is 10.6. The number of nitrogen functional groups attached to an aromatic ring is 1. The number of benzene rings is 1. The maximum atomic E-state index is 14.1. The molecule has 3 aromatic rings. The summed E-state index contributed by atoms with van der Waals surface area (Å²) in [4.78, 5) is 12.5. The Balaban J connectivity index is 1.50. The molecule has 4 rings (SSSR count). The van der Waals surface area contributed by atoms with Crippen molar-refractivity contribution in [3.05, 3.63) is 47.2 Å². The minimum atomic E-state index is -0.658. The van der Waals surface area contributed by atoms with Crippen LogP contribution in [0.25, 0.3) is 0 Å². The first-order chi connectivity index (χ1) is 14.9. The van der Waals surface area contributed by atoms with Crippen molar-refractivity contribution in [3.8, 4) is 0 Å². The van der Waals surface area contributed by atoms with Crippen LogP contribution in [0.5, 0.6) is 0 Å². The minimum absolute atomic E-state index is 0.00707. The van der Waals surface area contributed by atoms with Crippen LogP contribution in [-0.4, -0.2) is 37.9 Å².